The van der Waals surface area contributed by atoms with Crippen molar-refractivity contribution >= 4 is 17.7 Å². The molecule has 24 heavy (non-hydrogen) atoms. The molecule has 0 saturated heterocycles. The van der Waals surface area contributed by atoms with Crippen LogP contribution in [-0.2, 0) is 20.8 Å². The minimum atomic E-state index is -0.714. The van der Waals surface area contributed by atoms with Gasteiger partial charge in [-0.05, 0) is 25.2 Å². The average molecular weight is 335 g/mol. The fourth-order valence-electron chi connectivity index (χ4n) is 2.69. The SMILES string of the molecule is CC(C)CC(NC(=O)CNC(=O)C1(Cc2cnc[nH]2)CC1)C(N)=O. The zero-order valence-electron chi connectivity index (χ0n) is 14.1. The van der Waals surface area contributed by atoms with Crippen molar-refractivity contribution in [3.05, 3.63) is 18.2 Å². The van der Waals surface area contributed by atoms with Crippen molar-refractivity contribution in [3.63, 3.8) is 0 Å². The summed E-state index contributed by atoms with van der Waals surface area (Å²) >= 11 is 0. The summed E-state index contributed by atoms with van der Waals surface area (Å²) in [6, 6.07) is -0.714. The third-order valence-corrected chi connectivity index (χ3v) is 4.21. The fraction of sp³-hybridized carbons (Fsp3) is 0.625. The summed E-state index contributed by atoms with van der Waals surface area (Å²) in [5, 5.41) is 5.23. The molecule has 1 aliphatic rings. The highest BCUT2D eigenvalue weighted by molar-refractivity contribution is 5.91. The Labute approximate surface area is 141 Å². The van der Waals surface area contributed by atoms with Crippen LogP contribution in [0, 0.1) is 11.3 Å². The number of nitrogens with two attached hydrogens (primary N) is 1. The second-order valence-electron chi connectivity index (χ2n) is 6.87. The van der Waals surface area contributed by atoms with Gasteiger partial charge in [0.15, 0.2) is 0 Å². The Hall–Kier alpha value is -2.38. The Morgan fingerprint density at radius 3 is 2.58 bits per heavy atom. The number of imidazole rings is 1. The molecule has 0 aromatic carbocycles. The summed E-state index contributed by atoms with van der Waals surface area (Å²) in [5.74, 6) is -0.903. The lowest BCUT2D eigenvalue weighted by Crippen LogP contribution is -2.49. The molecule has 1 unspecified atom stereocenters. The van der Waals surface area contributed by atoms with Gasteiger partial charge in [-0.25, -0.2) is 4.98 Å². The molecule has 1 atom stereocenters. The van der Waals surface area contributed by atoms with Crippen molar-refractivity contribution in [3.8, 4) is 0 Å². The molecule has 1 aromatic rings. The van der Waals surface area contributed by atoms with E-state index in [9.17, 15) is 14.4 Å². The number of H-pyrrole nitrogens is 1. The van der Waals surface area contributed by atoms with Gasteiger partial charge in [0.1, 0.15) is 6.04 Å². The number of aromatic amines is 1. The number of nitrogens with zero attached hydrogens (tertiary/aromatic N) is 1. The second-order valence-corrected chi connectivity index (χ2v) is 6.87. The van der Waals surface area contributed by atoms with Crippen LogP contribution < -0.4 is 16.4 Å². The zero-order chi connectivity index (χ0) is 17.7. The summed E-state index contributed by atoms with van der Waals surface area (Å²) in [4.78, 5) is 42.6. The smallest absolute Gasteiger partial charge is 0.240 e. The minimum Gasteiger partial charge on any atom is -0.368 e. The Balaban J connectivity index is 1.80. The van der Waals surface area contributed by atoms with Crippen molar-refractivity contribution in [2.75, 3.05) is 6.54 Å². The van der Waals surface area contributed by atoms with Crippen LogP contribution in [-0.4, -0.2) is 40.3 Å². The van der Waals surface area contributed by atoms with Gasteiger partial charge in [-0.1, -0.05) is 13.8 Å². The first kappa shape index (κ1) is 18.0. The Bertz CT molecular complexity index is 593. The van der Waals surface area contributed by atoms with Crippen LogP contribution in [0.15, 0.2) is 12.5 Å². The first-order chi connectivity index (χ1) is 11.3. The summed E-state index contributed by atoms with van der Waals surface area (Å²) in [6.07, 6.45) is 5.91. The lowest BCUT2D eigenvalue weighted by atomic mass is 9.99. The van der Waals surface area contributed by atoms with Crippen LogP contribution in [0.1, 0.15) is 38.8 Å². The largest absolute Gasteiger partial charge is 0.368 e. The standard InChI is InChI=1S/C16H25N5O3/c1-10(2)5-12(14(17)23)21-13(22)8-19-15(24)16(3-4-16)6-11-7-18-9-20-11/h7,9-10,12H,3-6,8H2,1-2H3,(H2,17,23)(H,18,20)(H,19,24)(H,21,22). The third kappa shape index (κ3) is 4.81. The third-order valence-electron chi connectivity index (χ3n) is 4.21. The van der Waals surface area contributed by atoms with Gasteiger partial charge in [-0.2, -0.15) is 0 Å². The lowest BCUT2D eigenvalue weighted by Gasteiger charge is -2.18. The number of carbonyl (C=O) groups excluding carboxylic acids is 3. The molecule has 8 nitrogen and oxygen atoms in total. The Kier molecular flexibility index (Phi) is 5.58. The molecule has 0 aliphatic heterocycles. The van der Waals surface area contributed by atoms with E-state index in [0.29, 0.717) is 12.8 Å². The van der Waals surface area contributed by atoms with Gasteiger partial charge < -0.3 is 21.4 Å². The van der Waals surface area contributed by atoms with Crippen LogP contribution in [0.2, 0.25) is 0 Å². The molecule has 8 heteroatoms. The van der Waals surface area contributed by atoms with Gasteiger partial charge in [0, 0.05) is 18.3 Å². The van der Waals surface area contributed by atoms with E-state index in [1.54, 1.807) is 12.5 Å². The van der Waals surface area contributed by atoms with Gasteiger partial charge >= 0.3 is 0 Å². The molecule has 1 heterocycles. The predicted molar refractivity (Wildman–Crippen MR) is 87.5 cm³/mol. The minimum absolute atomic E-state index is 0.147. The molecule has 0 bridgehead atoms. The quantitative estimate of drug-likeness (QED) is 0.500. The highest BCUT2D eigenvalue weighted by atomic mass is 16.2. The number of primary amides is 1. The number of aromatic nitrogens is 2. The molecule has 0 radical (unpaired) electrons. The molecule has 1 fully saturated rings. The second kappa shape index (κ2) is 7.46. The molecule has 2 rings (SSSR count). The van der Waals surface area contributed by atoms with E-state index in [0.717, 1.165) is 18.5 Å². The van der Waals surface area contributed by atoms with E-state index < -0.39 is 23.3 Å². The molecule has 5 N–H and O–H groups in total. The van der Waals surface area contributed by atoms with Crippen LogP contribution in [0.25, 0.3) is 0 Å². The number of hydrogen-bond donors (Lipinski definition) is 4. The summed E-state index contributed by atoms with van der Waals surface area (Å²) in [7, 11) is 0. The first-order valence-electron chi connectivity index (χ1n) is 8.16. The summed E-state index contributed by atoms with van der Waals surface area (Å²) < 4.78 is 0. The molecule has 1 aliphatic carbocycles. The molecule has 132 valence electrons. The predicted octanol–water partition coefficient (Wildman–Crippen LogP) is -0.135. The maximum absolute atomic E-state index is 12.3. The van der Waals surface area contributed by atoms with E-state index >= 15 is 0 Å². The van der Waals surface area contributed by atoms with Crippen molar-refractivity contribution in [2.45, 2.75) is 45.6 Å². The highest BCUT2D eigenvalue weighted by Gasteiger charge is 2.49. The zero-order valence-corrected chi connectivity index (χ0v) is 14.1. The lowest BCUT2D eigenvalue weighted by molar-refractivity contribution is -0.130. The molecular formula is C16H25N5O3. The van der Waals surface area contributed by atoms with Crippen LogP contribution in [0.5, 0.6) is 0 Å². The number of rotatable bonds is 9. The normalized spacial score (nSPS) is 16.5. The topological polar surface area (TPSA) is 130 Å². The highest BCUT2D eigenvalue weighted by Crippen LogP contribution is 2.48. The van der Waals surface area contributed by atoms with Gasteiger partial charge in [-0.3, -0.25) is 14.4 Å². The number of carbonyl (C=O) groups is 3. The molecule has 0 spiro atoms. The van der Waals surface area contributed by atoms with E-state index in [1.807, 2.05) is 13.8 Å². The van der Waals surface area contributed by atoms with Crippen LogP contribution in [0.3, 0.4) is 0 Å². The fourth-order valence-corrected chi connectivity index (χ4v) is 2.69. The number of nitrogens with one attached hydrogen (secondary N) is 3. The Morgan fingerprint density at radius 1 is 1.38 bits per heavy atom. The van der Waals surface area contributed by atoms with Crippen molar-refractivity contribution in [1.29, 1.82) is 0 Å². The monoisotopic (exact) mass is 335 g/mol. The van der Waals surface area contributed by atoms with Gasteiger partial charge in [0.05, 0.1) is 18.3 Å². The van der Waals surface area contributed by atoms with Crippen LogP contribution in [0.4, 0.5) is 0 Å². The molecule has 1 aromatic heterocycles. The van der Waals surface area contributed by atoms with Crippen molar-refractivity contribution < 1.29 is 14.4 Å². The van der Waals surface area contributed by atoms with E-state index in [1.165, 1.54) is 0 Å². The summed E-state index contributed by atoms with van der Waals surface area (Å²) in [5.41, 5.74) is 5.74. The number of amides is 3. The molecule has 1 saturated carbocycles. The van der Waals surface area contributed by atoms with E-state index in [2.05, 4.69) is 20.6 Å². The summed E-state index contributed by atoms with van der Waals surface area (Å²) in [6.45, 7) is 3.72. The maximum Gasteiger partial charge on any atom is 0.240 e. The maximum atomic E-state index is 12.3. The average Bonchev–Trinajstić information content (AvgIpc) is 3.10. The van der Waals surface area contributed by atoms with E-state index in [4.69, 9.17) is 5.73 Å². The van der Waals surface area contributed by atoms with E-state index in [-0.39, 0.29) is 18.4 Å². The van der Waals surface area contributed by atoms with Crippen molar-refractivity contribution in [1.82, 2.24) is 20.6 Å². The molecular weight excluding hydrogens is 310 g/mol. The van der Waals surface area contributed by atoms with Crippen LogP contribution >= 0.6 is 0 Å². The van der Waals surface area contributed by atoms with Gasteiger partial charge in [0.25, 0.3) is 0 Å². The number of hydrogen-bond acceptors (Lipinski definition) is 4. The van der Waals surface area contributed by atoms with Gasteiger partial charge in [0.2, 0.25) is 17.7 Å². The van der Waals surface area contributed by atoms with Crippen molar-refractivity contribution in [2.24, 2.45) is 17.1 Å². The van der Waals surface area contributed by atoms with Gasteiger partial charge in [-0.15, -0.1) is 0 Å². The molecule has 3 amide bonds. The first-order valence-corrected chi connectivity index (χ1v) is 8.16. The Morgan fingerprint density at radius 2 is 2.08 bits per heavy atom.